The van der Waals surface area contributed by atoms with Gasteiger partial charge in [0.25, 0.3) is 0 Å². The van der Waals surface area contributed by atoms with Gasteiger partial charge in [0.1, 0.15) is 0 Å². The molecule has 19 heavy (non-hydrogen) atoms. The fourth-order valence-electron chi connectivity index (χ4n) is 4.00. The molecule has 3 atom stereocenters. The van der Waals surface area contributed by atoms with Crippen LogP contribution in [-0.4, -0.2) is 46.8 Å². The first-order valence-electron chi connectivity index (χ1n) is 7.85. The molecular formula is C15H25NO3. The molecule has 3 unspecified atom stereocenters. The fourth-order valence-corrected chi connectivity index (χ4v) is 4.00. The summed E-state index contributed by atoms with van der Waals surface area (Å²) in [7, 11) is 0. The molecule has 3 aliphatic rings. The Morgan fingerprint density at radius 1 is 1.16 bits per heavy atom. The van der Waals surface area contributed by atoms with Gasteiger partial charge in [-0.15, -0.1) is 0 Å². The van der Waals surface area contributed by atoms with Crippen molar-refractivity contribution in [1.29, 1.82) is 0 Å². The zero-order chi connectivity index (χ0) is 13.2. The predicted octanol–water partition coefficient (Wildman–Crippen LogP) is 1.85. The molecule has 3 aliphatic heterocycles. The average Bonchev–Trinajstić information content (AvgIpc) is 2.70. The SMILES string of the molecule is O=C(CCC1CCCCO1)N1C2CCC1CC(O)C2. The van der Waals surface area contributed by atoms with E-state index in [1.807, 2.05) is 0 Å². The Labute approximate surface area is 115 Å². The topological polar surface area (TPSA) is 49.8 Å². The van der Waals surface area contributed by atoms with Gasteiger partial charge in [0.05, 0.1) is 12.2 Å². The quantitative estimate of drug-likeness (QED) is 0.849. The van der Waals surface area contributed by atoms with E-state index in [0.717, 1.165) is 45.1 Å². The fraction of sp³-hybridized carbons (Fsp3) is 0.933. The van der Waals surface area contributed by atoms with Gasteiger partial charge in [0.2, 0.25) is 5.91 Å². The summed E-state index contributed by atoms with van der Waals surface area (Å²) in [6, 6.07) is 0.599. The second-order valence-corrected chi connectivity index (χ2v) is 6.34. The van der Waals surface area contributed by atoms with Gasteiger partial charge in [-0.25, -0.2) is 0 Å². The van der Waals surface area contributed by atoms with Crippen LogP contribution in [0.2, 0.25) is 0 Å². The molecule has 2 bridgehead atoms. The van der Waals surface area contributed by atoms with Crippen LogP contribution in [0.4, 0.5) is 0 Å². The number of nitrogens with zero attached hydrogens (tertiary/aromatic N) is 1. The van der Waals surface area contributed by atoms with E-state index < -0.39 is 0 Å². The van der Waals surface area contributed by atoms with Crippen LogP contribution in [0.3, 0.4) is 0 Å². The van der Waals surface area contributed by atoms with E-state index in [1.54, 1.807) is 0 Å². The molecule has 108 valence electrons. The van der Waals surface area contributed by atoms with Crippen LogP contribution in [-0.2, 0) is 9.53 Å². The van der Waals surface area contributed by atoms with Crippen LogP contribution in [0, 0.1) is 0 Å². The lowest BCUT2D eigenvalue weighted by Crippen LogP contribution is -2.48. The van der Waals surface area contributed by atoms with Gasteiger partial charge >= 0.3 is 0 Å². The Hall–Kier alpha value is -0.610. The lowest BCUT2D eigenvalue weighted by atomic mass is 9.98. The molecule has 0 spiro atoms. The van der Waals surface area contributed by atoms with E-state index in [-0.39, 0.29) is 12.0 Å². The highest BCUT2D eigenvalue weighted by Gasteiger charge is 2.42. The number of hydrogen-bond donors (Lipinski definition) is 1. The molecule has 1 N–H and O–H groups in total. The van der Waals surface area contributed by atoms with Crippen molar-refractivity contribution in [3.63, 3.8) is 0 Å². The number of aliphatic hydroxyl groups is 1. The molecule has 3 fully saturated rings. The van der Waals surface area contributed by atoms with Crippen LogP contribution in [0.25, 0.3) is 0 Å². The summed E-state index contributed by atoms with van der Waals surface area (Å²) in [5.41, 5.74) is 0. The van der Waals surface area contributed by atoms with Crippen molar-refractivity contribution in [3.05, 3.63) is 0 Å². The Morgan fingerprint density at radius 2 is 1.89 bits per heavy atom. The van der Waals surface area contributed by atoms with Crippen molar-refractivity contribution in [1.82, 2.24) is 4.90 Å². The monoisotopic (exact) mass is 267 g/mol. The van der Waals surface area contributed by atoms with E-state index >= 15 is 0 Å². The van der Waals surface area contributed by atoms with Gasteiger partial charge in [0, 0.05) is 25.1 Å². The van der Waals surface area contributed by atoms with Crippen LogP contribution < -0.4 is 0 Å². The summed E-state index contributed by atoms with van der Waals surface area (Å²) in [6.45, 7) is 0.861. The van der Waals surface area contributed by atoms with Gasteiger partial charge in [-0.1, -0.05) is 0 Å². The highest BCUT2D eigenvalue weighted by Crippen LogP contribution is 2.36. The third-order valence-electron chi connectivity index (χ3n) is 4.95. The summed E-state index contributed by atoms with van der Waals surface area (Å²) in [5.74, 6) is 0.286. The van der Waals surface area contributed by atoms with Crippen molar-refractivity contribution >= 4 is 5.91 Å². The van der Waals surface area contributed by atoms with Crippen molar-refractivity contribution in [2.24, 2.45) is 0 Å². The molecule has 0 aromatic rings. The molecule has 1 amide bonds. The third-order valence-corrected chi connectivity index (χ3v) is 4.95. The number of hydrogen-bond acceptors (Lipinski definition) is 3. The molecule has 0 saturated carbocycles. The van der Waals surface area contributed by atoms with Crippen LogP contribution in [0.1, 0.15) is 57.8 Å². The van der Waals surface area contributed by atoms with Gasteiger partial charge in [0.15, 0.2) is 0 Å². The zero-order valence-corrected chi connectivity index (χ0v) is 11.6. The van der Waals surface area contributed by atoms with E-state index in [2.05, 4.69) is 4.90 Å². The Kier molecular flexibility index (Phi) is 4.08. The minimum absolute atomic E-state index is 0.191. The first-order valence-corrected chi connectivity index (χ1v) is 7.85. The Balaban J connectivity index is 1.50. The zero-order valence-electron chi connectivity index (χ0n) is 11.6. The maximum atomic E-state index is 12.4. The smallest absolute Gasteiger partial charge is 0.223 e. The lowest BCUT2D eigenvalue weighted by Gasteiger charge is -2.37. The summed E-state index contributed by atoms with van der Waals surface area (Å²) in [4.78, 5) is 14.5. The van der Waals surface area contributed by atoms with Crippen molar-refractivity contribution in [2.75, 3.05) is 6.61 Å². The third kappa shape index (κ3) is 2.95. The number of carbonyl (C=O) groups is 1. The molecular weight excluding hydrogens is 242 g/mol. The van der Waals surface area contributed by atoms with Gasteiger partial charge < -0.3 is 14.7 Å². The number of rotatable bonds is 3. The highest BCUT2D eigenvalue weighted by molar-refractivity contribution is 5.77. The van der Waals surface area contributed by atoms with Crippen molar-refractivity contribution in [2.45, 2.75) is 82.1 Å². The van der Waals surface area contributed by atoms with Crippen LogP contribution >= 0.6 is 0 Å². The first kappa shape index (κ1) is 13.4. The lowest BCUT2D eigenvalue weighted by molar-refractivity contribution is -0.138. The van der Waals surface area contributed by atoms with Crippen LogP contribution in [0.15, 0.2) is 0 Å². The van der Waals surface area contributed by atoms with Crippen molar-refractivity contribution in [3.8, 4) is 0 Å². The summed E-state index contributed by atoms with van der Waals surface area (Å²) >= 11 is 0. The maximum Gasteiger partial charge on any atom is 0.223 e. The Morgan fingerprint density at radius 3 is 2.53 bits per heavy atom. The molecule has 0 aliphatic carbocycles. The highest BCUT2D eigenvalue weighted by atomic mass is 16.5. The number of carbonyl (C=O) groups excluding carboxylic acids is 1. The summed E-state index contributed by atoms with van der Waals surface area (Å²) < 4.78 is 5.69. The van der Waals surface area contributed by atoms with E-state index in [0.29, 0.717) is 24.6 Å². The predicted molar refractivity (Wildman–Crippen MR) is 71.7 cm³/mol. The molecule has 0 radical (unpaired) electrons. The minimum atomic E-state index is -0.191. The normalized spacial score (nSPS) is 38.5. The molecule has 3 saturated heterocycles. The molecule has 4 nitrogen and oxygen atoms in total. The van der Waals surface area contributed by atoms with Gasteiger partial charge in [-0.05, 0) is 51.4 Å². The van der Waals surface area contributed by atoms with E-state index in [9.17, 15) is 9.90 Å². The number of ether oxygens (including phenoxy) is 1. The molecule has 0 aromatic carbocycles. The maximum absolute atomic E-state index is 12.4. The summed E-state index contributed by atoms with van der Waals surface area (Å²) in [5, 5.41) is 9.77. The van der Waals surface area contributed by atoms with Gasteiger partial charge in [-0.3, -0.25) is 4.79 Å². The molecule has 4 heteroatoms. The number of aliphatic hydroxyl groups excluding tert-OH is 1. The standard InChI is InChI=1S/C15H25NO3/c17-13-9-11-4-5-12(10-13)16(11)15(18)7-6-14-3-1-2-8-19-14/h11-14,17H,1-10H2. The Bertz CT molecular complexity index is 313. The first-order chi connectivity index (χ1) is 9.24. The second-order valence-electron chi connectivity index (χ2n) is 6.34. The largest absolute Gasteiger partial charge is 0.393 e. The second kappa shape index (κ2) is 5.80. The van der Waals surface area contributed by atoms with Crippen molar-refractivity contribution < 1.29 is 14.6 Å². The number of fused-ring (bicyclic) bond motifs is 2. The van der Waals surface area contributed by atoms with E-state index in [1.165, 1.54) is 12.8 Å². The minimum Gasteiger partial charge on any atom is -0.393 e. The average molecular weight is 267 g/mol. The summed E-state index contributed by atoms with van der Waals surface area (Å²) in [6.07, 6.45) is 8.82. The molecule has 3 rings (SSSR count). The molecule has 0 aromatic heterocycles. The van der Waals surface area contributed by atoms with E-state index in [4.69, 9.17) is 4.74 Å². The van der Waals surface area contributed by atoms with Gasteiger partial charge in [-0.2, -0.15) is 0 Å². The number of amides is 1. The number of piperidine rings is 1. The molecule has 3 heterocycles. The van der Waals surface area contributed by atoms with Crippen LogP contribution in [0.5, 0.6) is 0 Å².